The number of thiophene rings is 1. The Hall–Kier alpha value is -0.430. The van der Waals surface area contributed by atoms with Crippen molar-refractivity contribution >= 4 is 21.4 Å². The Balaban J connectivity index is 2.22. The zero-order chi connectivity index (χ0) is 13.3. The van der Waals surface area contributed by atoms with Crippen molar-refractivity contribution in [2.24, 2.45) is 5.92 Å². The van der Waals surface area contributed by atoms with E-state index in [9.17, 15) is 13.5 Å². The third kappa shape index (κ3) is 2.77. The predicted octanol–water partition coefficient (Wildman–Crippen LogP) is 2.02. The van der Waals surface area contributed by atoms with Crippen molar-refractivity contribution < 1.29 is 13.5 Å². The second-order valence-corrected chi connectivity index (χ2v) is 7.68. The summed E-state index contributed by atoms with van der Waals surface area (Å²) in [5.74, 6) is 0.582. The first-order chi connectivity index (χ1) is 8.44. The number of aryl methyl sites for hydroxylation is 1. The molecule has 1 aliphatic rings. The molecule has 1 aromatic rings. The lowest BCUT2D eigenvalue weighted by Crippen LogP contribution is -2.33. The Morgan fingerprint density at radius 1 is 1.50 bits per heavy atom. The summed E-state index contributed by atoms with van der Waals surface area (Å²) in [4.78, 5) is 0.792. The van der Waals surface area contributed by atoms with E-state index >= 15 is 0 Å². The molecule has 2 rings (SSSR count). The maximum absolute atomic E-state index is 12.3. The average Bonchev–Trinajstić information content (AvgIpc) is 2.84. The molecule has 1 aliphatic carbocycles. The van der Waals surface area contributed by atoms with Crippen LogP contribution in [0.4, 0.5) is 0 Å². The average molecular weight is 289 g/mol. The predicted molar refractivity (Wildman–Crippen MR) is 72.1 cm³/mol. The molecular weight excluding hydrogens is 270 g/mol. The van der Waals surface area contributed by atoms with Gasteiger partial charge in [-0.15, -0.1) is 11.3 Å². The monoisotopic (exact) mass is 289 g/mol. The van der Waals surface area contributed by atoms with Gasteiger partial charge in [-0.05, 0) is 43.0 Å². The highest BCUT2D eigenvalue weighted by atomic mass is 32.2. The van der Waals surface area contributed by atoms with Crippen LogP contribution >= 0.6 is 11.3 Å². The number of hydrogen-bond donors (Lipinski definition) is 2. The molecule has 4 nitrogen and oxygen atoms in total. The van der Waals surface area contributed by atoms with Gasteiger partial charge < -0.3 is 5.11 Å². The van der Waals surface area contributed by atoms with Gasteiger partial charge in [0, 0.05) is 6.04 Å². The second-order valence-electron chi connectivity index (χ2n) is 5.07. The summed E-state index contributed by atoms with van der Waals surface area (Å²) >= 11 is 1.29. The highest BCUT2D eigenvalue weighted by Crippen LogP contribution is 2.30. The van der Waals surface area contributed by atoms with E-state index in [4.69, 9.17) is 0 Å². The molecule has 0 aromatic carbocycles. The van der Waals surface area contributed by atoms with E-state index in [1.807, 2.05) is 0 Å². The molecule has 0 saturated heterocycles. The van der Waals surface area contributed by atoms with E-state index < -0.39 is 10.0 Å². The van der Waals surface area contributed by atoms with Gasteiger partial charge in [-0.2, -0.15) is 0 Å². The Morgan fingerprint density at radius 3 is 2.78 bits per heavy atom. The van der Waals surface area contributed by atoms with E-state index in [-0.39, 0.29) is 17.5 Å². The standard InChI is InChI=1S/C12H19NO3S2/c1-8-3-4-10(5-8)13-18(15,16)12-9(2)7-17-11(12)6-14/h7-8,10,13-14H,3-6H2,1-2H3. The topological polar surface area (TPSA) is 66.4 Å². The van der Waals surface area contributed by atoms with Gasteiger partial charge in [-0.25, -0.2) is 13.1 Å². The smallest absolute Gasteiger partial charge is 0.242 e. The third-order valence-corrected chi connectivity index (χ3v) is 6.39. The number of aliphatic hydroxyl groups is 1. The zero-order valence-electron chi connectivity index (χ0n) is 10.6. The minimum absolute atomic E-state index is 0.0378. The van der Waals surface area contributed by atoms with E-state index in [0.717, 1.165) is 19.3 Å². The minimum atomic E-state index is -3.50. The van der Waals surface area contributed by atoms with Gasteiger partial charge in [0.25, 0.3) is 0 Å². The van der Waals surface area contributed by atoms with Crippen molar-refractivity contribution in [1.82, 2.24) is 4.72 Å². The minimum Gasteiger partial charge on any atom is -0.391 e. The van der Waals surface area contributed by atoms with Crippen LogP contribution in [0.1, 0.15) is 36.6 Å². The first-order valence-corrected chi connectivity index (χ1v) is 8.50. The molecule has 6 heteroatoms. The lowest BCUT2D eigenvalue weighted by Gasteiger charge is -2.14. The fourth-order valence-corrected chi connectivity index (χ4v) is 5.50. The van der Waals surface area contributed by atoms with E-state index in [1.165, 1.54) is 11.3 Å². The quantitative estimate of drug-likeness (QED) is 0.891. The molecular formula is C12H19NO3S2. The number of hydrogen-bond acceptors (Lipinski definition) is 4. The summed E-state index contributed by atoms with van der Waals surface area (Å²) in [6, 6.07) is 0.0378. The number of rotatable bonds is 4. The Morgan fingerprint density at radius 2 is 2.22 bits per heavy atom. The SMILES string of the molecule is Cc1csc(CO)c1S(=O)(=O)NC1CCC(C)C1. The Kier molecular flexibility index (Phi) is 4.11. The molecule has 2 atom stereocenters. The van der Waals surface area contributed by atoms with Gasteiger partial charge >= 0.3 is 0 Å². The van der Waals surface area contributed by atoms with Gasteiger partial charge in [0.2, 0.25) is 10.0 Å². The summed E-state index contributed by atoms with van der Waals surface area (Å²) in [6.07, 6.45) is 2.87. The molecule has 1 aromatic heterocycles. The van der Waals surface area contributed by atoms with Crippen LogP contribution in [-0.4, -0.2) is 19.6 Å². The van der Waals surface area contributed by atoms with Gasteiger partial charge in [-0.3, -0.25) is 0 Å². The van der Waals surface area contributed by atoms with Crippen molar-refractivity contribution in [3.05, 3.63) is 15.8 Å². The summed E-state index contributed by atoms with van der Waals surface area (Å²) in [5.41, 5.74) is 0.711. The van der Waals surface area contributed by atoms with Crippen LogP contribution in [0.15, 0.2) is 10.3 Å². The molecule has 2 N–H and O–H groups in total. The van der Waals surface area contributed by atoms with Crippen LogP contribution in [0.2, 0.25) is 0 Å². The third-order valence-electron chi connectivity index (χ3n) is 3.42. The van der Waals surface area contributed by atoms with Crippen molar-refractivity contribution in [1.29, 1.82) is 0 Å². The number of aliphatic hydroxyl groups excluding tert-OH is 1. The fourth-order valence-electron chi connectivity index (χ4n) is 2.55. The summed E-state index contributed by atoms with van der Waals surface area (Å²) in [6.45, 7) is 3.68. The maximum Gasteiger partial charge on any atom is 0.242 e. The normalized spacial score (nSPS) is 24.6. The van der Waals surface area contributed by atoms with Gasteiger partial charge in [-0.1, -0.05) is 6.92 Å². The van der Waals surface area contributed by atoms with Crippen molar-refractivity contribution in [3.8, 4) is 0 Å². The molecule has 0 bridgehead atoms. The second kappa shape index (κ2) is 5.28. The van der Waals surface area contributed by atoms with E-state index in [0.29, 0.717) is 16.4 Å². The van der Waals surface area contributed by atoms with Gasteiger partial charge in [0.15, 0.2) is 0 Å². The molecule has 1 heterocycles. The van der Waals surface area contributed by atoms with Crippen molar-refractivity contribution in [2.75, 3.05) is 0 Å². The maximum atomic E-state index is 12.3. The zero-order valence-corrected chi connectivity index (χ0v) is 12.3. The molecule has 102 valence electrons. The van der Waals surface area contributed by atoms with Crippen molar-refractivity contribution in [3.63, 3.8) is 0 Å². The molecule has 0 radical (unpaired) electrons. The van der Waals surface area contributed by atoms with Crippen LogP contribution < -0.4 is 4.72 Å². The largest absolute Gasteiger partial charge is 0.391 e. The van der Waals surface area contributed by atoms with E-state index in [1.54, 1.807) is 12.3 Å². The molecule has 0 aliphatic heterocycles. The number of nitrogens with one attached hydrogen (secondary N) is 1. The van der Waals surface area contributed by atoms with Gasteiger partial charge in [0.05, 0.1) is 11.5 Å². The first-order valence-electron chi connectivity index (χ1n) is 6.14. The molecule has 0 amide bonds. The van der Waals surface area contributed by atoms with E-state index in [2.05, 4.69) is 11.6 Å². The summed E-state index contributed by atoms with van der Waals surface area (Å²) in [5, 5.41) is 11.0. The van der Waals surface area contributed by atoms with Gasteiger partial charge in [0.1, 0.15) is 4.90 Å². The first kappa shape index (κ1) is 14.0. The molecule has 2 unspecified atom stereocenters. The molecule has 1 saturated carbocycles. The highest BCUT2D eigenvalue weighted by molar-refractivity contribution is 7.89. The lowest BCUT2D eigenvalue weighted by molar-refractivity contribution is 0.282. The number of sulfonamides is 1. The van der Waals surface area contributed by atoms with Crippen LogP contribution in [0.25, 0.3) is 0 Å². The Bertz CT molecular complexity index is 521. The van der Waals surface area contributed by atoms with Crippen LogP contribution in [0.3, 0.4) is 0 Å². The molecule has 1 fully saturated rings. The highest BCUT2D eigenvalue weighted by Gasteiger charge is 2.29. The van der Waals surface area contributed by atoms with Crippen LogP contribution in [-0.2, 0) is 16.6 Å². The fraction of sp³-hybridized carbons (Fsp3) is 0.667. The summed E-state index contributed by atoms with van der Waals surface area (Å²) < 4.78 is 27.5. The summed E-state index contributed by atoms with van der Waals surface area (Å²) in [7, 11) is -3.50. The lowest BCUT2D eigenvalue weighted by atomic mass is 10.1. The van der Waals surface area contributed by atoms with Crippen LogP contribution in [0, 0.1) is 12.8 Å². The molecule has 18 heavy (non-hydrogen) atoms. The van der Waals surface area contributed by atoms with Crippen molar-refractivity contribution in [2.45, 2.75) is 50.7 Å². The molecule has 0 spiro atoms. The Labute approximate surface area is 112 Å². The van der Waals surface area contributed by atoms with Crippen LogP contribution in [0.5, 0.6) is 0 Å².